The minimum Gasteiger partial charge on any atom is -0.311 e. The Labute approximate surface area is 306 Å². The predicted molar refractivity (Wildman–Crippen MR) is 213 cm³/mol. The first-order chi connectivity index (χ1) is 26.1. The minimum absolute atomic E-state index is 0.266. The average molecular weight is 688 g/mol. The molecule has 0 atom stereocenters. The van der Waals surface area contributed by atoms with Gasteiger partial charge in [0.1, 0.15) is 11.6 Å². The molecule has 3 nitrogen and oxygen atoms in total. The number of aromatic nitrogens is 2. The van der Waals surface area contributed by atoms with Gasteiger partial charge < -0.3 is 4.90 Å². The molecule has 0 saturated heterocycles. The van der Waals surface area contributed by atoms with Crippen molar-refractivity contribution in [3.05, 3.63) is 200 Å². The normalized spacial score (nSPS) is 11.2. The minimum atomic E-state index is -0.293. The molecule has 0 unspecified atom stereocenters. The predicted octanol–water partition coefficient (Wildman–Crippen LogP) is 13.2. The van der Waals surface area contributed by atoms with E-state index in [0.717, 1.165) is 83.6 Å². The van der Waals surface area contributed by atoms with Gasteiger partial charge in [0.2, 0.25) is 0 Å². The van der Waals surface area contributed by atoms with Crippen molar-refractivity contribution in [1.82, 2.24) is 9.97 Å². The van der Waals surface area contributed by atoms with Crippen molar-refractivity contribution in [2.75, 3.05) is 4.90 Å². The smallest absolute Gasteiger partial charge is 0.123 e. The number of rotatable bonds is 7. The maximum Gasteiger partial charge on any atom is 0.123 e. The van der Waals surface area contributed by atoms with Gasteiger partial charge in [0.15, 0.2) is 0 Å². The van der Waals surface area contributed by atoms with E-state index in [4.69, 9.17) is 9.97 Å². The summed E-state index contributed by atoms with van der Waals surface area (Å²) in [6, 6.07) is 60.5. The van der Waals surface area contributed by atoms with Crippen LogP contribution in [0.3, 0.4) is 0 Å². The lowest BCUT2D eigenvalue weighted by Gasteiger charge is -2.26. The number of nitrogens with zero attached hydrogens (tertiary/aromatic N) is 3. The summed E-state index contributed by atoms with van der Waals surface area (Å²) in [7, 11) is 0. The van der Waals surface area contributed by atoms with Gasteiger partial charge in [0, 0.05) is 33.6 Å². The summed E-state index contributed by atoms with van der Waals surface area (Å²) in [6.45, 7) is 0. The number of anilines is 3. The van der Waals surface area contributed by atoms with Crippen LogP contribution in [0.25, 0.3) is 66.6 Å². The van der Waals surface area contributed by atoms with Crippen molar-refractivity contribution in [2.24, 2.45) is 0 Å². The molecule has 0 fully saturated rings. The van der Waals surface area contributed by atoms with Gasteiger partial charge in [0.25, 0.3) is 0 Å². The highest BCUT2D eigenvalue weighted by molar-refractivity contribution is 6.06. The zero-order chi connectivity index (χ0) is 35.7. The summed E-state index contributed by atoms with van der Waals surface area (Å²) < 4.78 is 27.5. The molecule has 0 amide bonds. The molecule has 53 heavy (non-hydrogen) atoms. The fourth-order valence-electron chi connectivity index (χ4n) is 6.91. The largest absolute Gasteiger partial charge is 0.311 e. The highest BCUT2D eigenvalue weighted by Gasteiger charge is 2.16. The van der Waals surface area contributed by atoms with E-state index in [1.807, 2.05) is 60.7 Å². The van der Waals surface area contributed by atoms with Crippen LogP contribution in [-0.4, -0.2) is 9.97 Å². The molecule has 0 aliphatic rings. The monoisotopic (exact) mass is 687 g/mol. The fraction of sp³-hybridized carbons (Fsp3) is 0. The Morgan fingerprint density at radius 3 is 1.34 bits per heavy atom. The summed E-state index contributed by atoms with van der Waals surface area (Å²) in [5, 5.41) is 2.12. The van der Waals surface area contributed by atoms with Crippen molar-refractivity contribution >= 4 is 38.9 Å². The standard InChI is InChI=1S/C48H31F2N3/c49-39-19-11-32(12-20-39)33-13-23-41(24-14-33)53(43-27-21-40(50)22-28-43)42-25-15-34(16-26-42)37-17-29-44-38(31-37)18-30-45-48(44)52-47(36-9-5-2-6-10-36)46(51-45)35-7-3-1-4-8-35/h1-31H. The summed E-state index contributed by atoms with van der Waals surface area (Å²) in [5.74, 6) is -0.559. The molecule has 9 rings (SSSR count). The van der Waals surface area contributed by atoms with Gasteiger partial charge in [-0.2, -0.15) is 0 Å². The molecule has 1 heterocycles. The van der Waals surface area contributed by atoms with Gasteiger partial charge in [-0.15, -0.1) is 0 Å². The molecule has 9 aromatic rings. The van der Waals surface area contributed by atoms with Crippen molar-refractivity contribution in [3.63, 3.8) is 0 Å². The highest BCUT2D eigenvalue weighted by atomic mass is 19.1. The number of hydrogen-bond donors (Lipinski definition) is 0. The molecular weight excluding hydrogens is 657 g/mol. The number of fused-ring (bicyclic) bond motifs is 3. The topological polar surface area (TPSA) is 29.0 Å². The molecule has 0 bridgehead atoms. The van der Waals surface area contributed by atoms with Crippen LogP contribution in [-0.2, 0) is 0 Å². The lowest BCUT2D eigenvalue weighted by atomic mass is 9.99. The summed E-state index contributed by atoms with van der Waals surface area (Å²) >= 11 is 0. The zero-order valence-electron chi connectivity index (χ0n) is 28.5. The second kappa shape index (κ2) is 13.6. The first kappa shape index (κ1) is 32.0. The van der Waals surface area contributed by atoms with Gasteiger partial charge in [-0.3, -0.25) is 0 Å². The molecule has 1 aromatic heterocycles. The lowest BCUT2D eigenvalue weighted by molar-refractivity contribution is 0.627. The Morgan fingerprint density at radius 2 is 0.792 bits per heavy atom. The van der Waals surface area contributed by atoms with E-state index in [0.29, 0.717) is 0 Å². The first-order valence-electron chi connectivity index (χ1n) is 17.4. The van der Waals surface area contributed by atoms with Gasteiger partial charge in [-0.05, 0) is 100 Å². The molecular formula is C48H31F2N3. The third kappa shape index (κ3) is 6.30. The summed E-state index contributed by atoms with van der Waals surface area (Å²) in [5.41, 5.74) is 12.2. The van der Waals surface area contributed by atoms with Gasteiger partial charge >= 0.3 is 0 Å². The van der Waals surface area contributed by atoms with E-state index >= 15 is 0 Å². The van der Waals surface area contributed by atoms with Crippen LogP contribution in [0.4, 0.5) is 25.8 Å². The zero-order valence-corrected chi connectivity index (χ0v) is 28.5. The third-order valence-corrected chi connectivity index (χ3v) is 9.59. The molecule has 0 aliphatic heterocycles. The van der Waals surface area contributed by atoms with E-state index < -0.39 is 0 Å². The summed E-state index contributed by atoms with van der Waals surface area (Å²) in [4.78, 5) is 12.5. The van der Waals surface area contributed by atoms with Gasteiger partial charge in [-0.25, -0.2) is 18.7 Å². The Hall–Kier alpha value is -6.98. The van der Waals surface area contributed by atoms with Crippen LogP contribution < -0.4 is 4.90 Å². The molecule has 0 saturated carbocycles. The van der Waals surface area contributed by atoms with Crippen molar-refractivity contribution in [3.8, 4) is 44.8 Å². The fourth-order valence-corrected chi connectivity index (χ4v) is 6.91. The van der Waals surface area contributed by atoms with Crippen molar-refractivity contribution in [1.29, 1.82) is 0 Å². The Morgan fingerprint density at radius 1 is 0.358 bits per heavy atom. The lowest BCUT2D eigenvalue weighted by Crippen LogP contribution is -2.09. The van der Waals surface area contributed by atoms with E-state index in [9.17, 15) is 8.78 Å². The maximum atomic E-state index is 14.0. The third-order valence-electron chi connectivity index (χ3n) is 9.59. The molecule has 0 radical (unpaired) electrons. The molecule has 0 aliphatic carbocycles. The van der Waals surface area contributed by atoms with E-state index in [1.54, 1.807) is 24.3 Å². The van der Waals surface area contributed by atoms with E-state index in [-0.39, 0.29) is 11.6 Å². The number of halogens is 2. The van der Waals surface area contributed by atoms with Crippen LogP contribution in [0.2, 0.25) is 0 Å². The molecule has 5 heteroatoms. The Balaban J connectivity index is 1.07. The Bertz CT molecular complexity index is 2700. The molecule has 0 N–H and O–H groups in total. The number of benzene rings is 8. The molecule has 8 aromatic carbocycles. The van der Waals surface area contributed by atoms with Crippen LogP contribution in [0.5, 0.6) is 0 Å². The SMILES string of the molecule is Fc1ccc(-c2ccc(N(c3ccc(F)cc3)c3ccc(-c4ccc5c(ccc6nc(-c7ccccc7)c(-c7ccccc7)nc65)c4)cc3)cc2)cc1. The van der Waals surface area contributed by atoms with E-state index in [1.165, 1.54) is 24.3 Å². The van der Waals surface area contributed by atoms with Crippen LogP contribution in [0, 0.1) is 11.6 Å². The maximum absolute atomic E-state index is 14.0. The van der Waals surface area contributed by atoms with E-state index in [2.05, 4.69) is 83.8 Å². The Kier molecular flexibility index (Phi) is 8.22. The molecule has 0 spiro atoms. The van der Waals surface area contributed by atoms with Crippen LogP contribution >= 0.6 is 0 Å². The van der Waals surface area contributed by atoms with Crippen molar-refractivity contribution < 1.29 is 8.78 Å². The first-order valence-corrected chi connectivity index (χ1v) is 17.4. The average Bonchev–Trinajstić information content (AvgIpc) is 3.22. The second-order valence-electron chi connectivity index (χ2n) is 12.9. The van der Waals surface area contributed by atoms with Crippen LogP contribution in [0.1, 0.15) is 0 Å². The number of hydrogen-bond acceptors (Lipinski definition) is 3. The highest BCUT2D eigenvalue weighted by Crippen LogP contribution is 2.38. The second-order valence-corrected chi connectivity index (χ2v) is 12.9. The van der Waals surface area contributed by atoms with Gasteiger partial charge in [-0.1, -0.05) is 115 Å². The molecule has 252 valence electrons. The quantitative estimate of drug-likeness (QED) is 0.156. The van der Waals surface area contributed by atoms with Crippen LogP contribution in [0.15, 0.2) is 188 Å². The summed E-state index contributed by atoms with van der Waals surface area (Å²) in [6.07, 6.45) is 0. The van der Waals surface area contributed by atoms with Gasteiger partial charge in [0.05, 0.1) is 22.4 Å². The van der Waals surface area contributed by atoms with Crippen molar-refractivity contribution in [2.45, 2.75) is 0 Å².